The molecule has 2 aromatic rings. The van der Waals surface area contributed by atoms with Crippen LogP contribution in [-0.2, 0) is 0 Å². The number of pyridine rings is 2. The first kappa shape index (κ1) is 12.3. The number of amides is 1. The van der Waals surface area contributed by atoms with Crippen LogP contribution >= 0.6 is 0 Å². The number of hydrogen-bond acceptors (Lipinski definition) is 4. The molecule has 84 valence electrons. The van der Waals surface area contributed by atoms with Gasteiger partial charge in [0.2, 0.25) is 5.91 Å². The topological polar surface area (TPSA) is 92.7 Å². The summed E-state index contributed by atoms with van der Waals surface area (Å²) < 4.78 is 0. The molecule has 2 heterocycles. The Balaban J connectivity index is 0.000000171. The summed E-state index contributed by atoms with van der Waals surface area (Å²) in [4.78, 5) is 17.9. The van der Waals surface area contributed by atoms with Crippen molar-refractivity contribution in [2.45, 2.75) is 0 Å². The quantitative estimate of drug-likeness (QED) is 0.788. The number of hydrogen-bond donors (Lipinski definition) is 1. The minimum absolute atomic E-state index is 0.419. The highest BCUT2D eigenvalue weighted by Crippen LogP contribution is 1.92. The fraction of sp³-hybridized carbons (Fsp3) is 0. The molecule has 0 aliphatic rings. The van der Waals surface area contributed by atoms with Crippen LogP contribution in [0, 0.1) is 11.3 Å². The number of carbonyl (C=O) groups is 1. The van der Waals surface area contributed by atoms with Crippen LogP contribution < -0.4 is 5.73 Å². The van der Waals surface area contributed by atoms with Crippen LogP contribution in [0.3, 0.4) is 0 Å². The summed E-state index contributed by atoms with van der Waals surface area (Å²) in [5.41, 5.74) is 6.09. The third-order valence-corrected chi connectivity index (χ3v) is 1.77. The number of nitrogens with zero attached hydrogens (tertiary/aromatic N) is 3. The van der Waals surface area contributed by atoms with E-state index in [2.05, 4.69) is 9.97 Å². The molecule has 0 aromatic carbocycles. The highest BCUT2D eigenvalue weighted by Gasteiger charge is 1.94. The molecule has 0 fully saturated rings. The number of nitrogens with two attached hydrogens (primary N) is 1. The van der Waals surface area contributed by atoms with E-state index < -0.39 is 5.91 Å². The molecule has 0 spiro atoms. The third kappa shape index (κ3) is 4.53. The Labute approximate surface area is 98.6 Å². The van der Waals surface area contributed by atoms with E-state index in [0.29, 0.717) is 11.1 Å². The van der Waals surface area contributed by atoms with Gasteiger partial charge in [0.05, 0.1) is 11.6 Å². The largest absolute Gasteiger partial charge is 0.366 e. The second-order valence-corrected chi connectivity index (χ2v) is 2.95. The average molecular weight is 226 g/mol. The summed E-state index contributed by atoms with van der Waals surface area (Å²) in [6.07, 6.45) is 6.25. The van der Waals surface area contributed by atoms with Crippen molar-refractivity contribution < 1.29 is 4.79 Å². The van der Waals surface area contributed by atoms with E-state index in [1.807, 2.05) is 6.07 Å². The number of nitriles is 1. The summed E-state index contributed by atoms with van der Waals surface area (Å²) in [6, 6.07) is 8.46. The zero-order valence-corrected chi connectivity index (χ0v) is 8.95. The Morgan fingerprint density at radius 1 is 1.06 bits per heavy atom. The van der Waals surface area contributed by atoms with Gasteiger partial charge in [-0.25, -0.2) is 0 Å². The third-order valence-electron chi connectivity index (χ3n) is 1.77. The van der Waals surface area contributed by atoms with Crippen molar-refractivity contribution in [3.05, 3.63) is 60.2 Å². The van der Waals surface area contributed by atoms with E-state index in [-0.39, 0.29) is 0 Å². The summed E-state index contributed by atoms with van der Waals surface area (Å²) in [7, 11) is 0. The molecule has 0 aliphatic heterocycles. The van der Waals surface area contributed by atoms with E-state index in [0.717, 1.165) is 0 Å². The lowest BCUT2D eigenvalue weighted by Gasteiger charge is -1.88. The van der Waals surface area contributed by atoms with E-state index in [9.17, 15) is 4.79 Å². The number of rotatable bonds is 1. The van der Waals surface area contributed by atoms with Gasteiger partial charge in [-0.3, -0.25) is 14.8 Å². The molecule has 0 aliphatic carbocycles. The van der Waals surface area contributed by atoms with Crippen molar-refractivity contribution in [3.8, 4) is 6.07 Å². The maximum absolute atomic E-state index is 10.4. The molecule has 0 bridgehead atoms. The lowest BCUT2D eigenvalue weighted by Crippen LogP contribution is -2.10. The minimum atomic E-state index is -0.419. The Bertz CT molecular complexity index is 505. The van der Waals surface area contributed by atoms with Crippen molar-refractivity contribution >= 4 is 5.91 Å². The van der Waals surface area contributed by atoms with Crippen molar-refractivity contribution in [1.82, 2.24) is 9.97 Å². The maximum Gasteiger partial charge on any atom is 0.248 e. The average Bonchev–Trinajstić information content (AvgIpc) is 2.41. The fourth-order valence-electron chi connectivity index (χ4n) is 0.943. The van der Waals surface area contributed by atoms with Gasteiger partial charge in [0.25, 0.3) is 0 Å². The summed E-state index contributed by atoms with van der Waals surface area (Å²) in [5, 5.41) is 8.26. The van der Waals surface area contributed by atoms with Gasteiger partial charge < -0.3 is 5.73 Å². The molecule has 0 unspecified atom stereocenters. The predicted molar refractivity (Wildman–Crippen MR) is 61.7 cm³/mol. The van der Waals surface area contributed by atoms with Crippen LogP contribution in [0.25, 0.3) is 0 Å². The molecule has 0 atom stereocenters. The second-order valence-electron chi connectivity index (χ2n) is 2.95. The van der Waals surface area contributed by atoms with Gasteiger partial charge in [-0.2, -0.15) is 5.26 Å². The van der Waals surface area contributed by atoms with Crippen molar-refractivity contribution in [2.24, 2.45) is 5.73 Å². The zero-order valence-electron chi connectivity index (χ0n) is 8.95. The van der Waals surface area contributed by atoms with Crippen molar-refractivity contribution in [1.29, 1.82) is 5.26 Å². The monoisotopic (exact) mass is 226 g/mol. The first-order chi connectivity index (χ1) is 8.24. The second kappa shape index (κ2) is 6.69. The molecular formula is C12H10N4O. The van der Waals surface area contributed by atoms with E-state index in [1.54, 1.807) is 36.7 Å². The Morgan fingerprint density at radius 2 is 1.53 bits per heavy atom. The molecule has 0 saturated heterocycles. The molecule has 5 nitrogen and oxygen atoms in total. The Kier molecular flexibility index (Phi) is 4.85. The van der Waals surface area contributed by atoms with Gasteiger partial charge in [0, 0.05) is 30.4 Å². The zero-order chi connectivity index (χ0) is 12.5. The molecule has 5 heteroatoms. The molecule has 0 radical (unpaired) electrons. The Hall–Kier alpha value is -2.74. The molecular weight excluding hydrogens is 216 g/mol. The van der Waals surface area contributed by atoms with Gasteiger partial charge in [0.1, 0.15) is 0 Å². The summed E-state index contributed by atoms with van der Waals surface area (Å²) in [6.45, 7) is 0. The molecule has 17 heavy (non-hydrogen) atoms. The maximum atomic E-state index is 10.4. The lowest BCUT2D eigenvalue weighted by atomic mass is 10.3. The van der Waals surface area contributed by atoms with E-state index >= 15 is 0 Å². The first-order valence-corrected chi connectivity index (χ1v) is 4.74. The van der Waals surface area contributed by atoms with Gasteiger partial charge in [-0.1, -0.05) is 0 Å². The van der Waals surface area contributed by atoms with Crippen LogP contribution in [0.1, 0.15) is 15.9 Å². The lowest BCUT2D eigenvalue weighted by molar-refractivity contribution is 0.1000. The summed E-state index contributed by atoms with van der Waals surface area (Å²) in [5.74, 6) is -0.419. The highest BCUT2D eigenvalue weighted by atomic mass is 16.1. The van der Waals surface area contributed by atoms with Gasteiger partial charge in [0.15, 0.2) is 0 Å². The van der Waals surface area contributed by atoms with Gasteiger partial charge in [-0.15, -0.1) is 0 Å². The normalized spacial score (nSPS) is 8.41. The first-order valence-electron chi connectivity index (χ1n) is 4.74. The fourth-order valence-corrected chi connectivity index (χ4v) is 0.943. The predicted octanol–water partition coefficient (Wildman–Crippen LogP) is 1.13. The molecule has 2 rings (SSSR count). The molecule has 0 saturated carbocycles. The van der Waals surface area contributed by atoms with Crippen LogP contribution in [0.2, 0.25) is 0 Å². The smallest absolute Gasteiger partial charge is 0.248 e. The molecule has 2 N–H and O–H groups in total. The van der Waals surface area contributed by atoms with Crippen LogP contribution in [-0.4, -0.2) is 15.9 Å². The number of primary amides is 1. The van der Waals surface area contributed by atoms with Gasteiger partial charge in [-0.05, 0) is 24.3 Å². The van der Waals surface area contributed by atoms with E-state index in [4.69, 9.17) is 11.0 Å². The van der Waals surface area contributed by atoms with Crippen molar-refractivity contribution in [2.75, 3.05) is 0 Å². The van der Waals surface area contributed by atoms with Crippen molar-refractivity contribution in [3.63, 3.8) is 0 Å². The van der Waals surface area contributed by atoms with E-state index in [1.165, 1.54) is 12.4 Å². The molecule has 2 aromatic heterocycles. The van der Waals surface area contributed by atoms with Crippen LogP contribution in [0.15, 0.2) is 49.1 Å². The summed E-state index contributed by atoms with van der Waals surface area (Å²) >= 11 is 0. The number of carbonyl (C=O) groups excluding carboxylic acids is 1. The minimum Gasteiger partial charge on any atom is -0.366 e. The van der Waals surface area contributed by atoms with Crippen LogP contribution in [0.5, 0.6) is 0 Å². The molecule has 1 amide bonds. The standard InChI is InChI=1S/C6H6N2O.C6H4N2/c7-6(9)5-1-3-8-4-2-5;7-5-6-1-3-8-4-2-6/h1-4H,(H2,7,9);1-4H. The highest BCUT2D eigenvalue weighted by molar-refractivity contribution is 5.92. The number of aromatic nitrogens is 2. The Morgan fingerprint density at radius 3 is 1.82 bits per heavy atom. The van der Waals surface area contributed by atoms with Crippen LogP contribution in [0.4, 0.5) is 0 Å². The SMILES string of the molecule is N#Cc1ccncc1.NC(=O)c1ccncc1. The van der Waals surface area contributed by atoms with Gasteiger partial charge >= 0.3 is 0 Å².